The molecule has 50 heavy (non-hydrogen) atoms. The molecule has 0 saturated heterocycles. The summed E-state index contributed by atoms with van der Waals surface area (Å²) in [6.07, 6.45) is 27.4. The van der Waals surface area contributed by atoms with Crippen LogP contribution in [-0.4, -0.2) is 18.9 Å². The zero-order chi connectivity index (χ0) is 33.0. The van der Waals surface area contributed by atoms with Crippen LogP contribution < -0.4 is 0 Å². The van der Waals surface area contributed by atoms with Crippen LogP contribution in [0.4, 0.5) is 0 Å². The van der Waals surface area contributed by atoms with Crippen molar-refractivity contribution in [3.8, 4) is 22.5 Å². The maximum Gasteiger partial charge on any atom is 0.146 e. The van der Waals surface area contributed by atoms with Crippen molar-refractivity contribution in [2.75, 3.05) is 0 Å². The summed E-state index contributed by atoms with van der Waals surface area (Å²) in [5, 5.41) is 3.66. The molecule has 0 amide bonds. The second-order valence-electron chi connectivity index (χ2n) is 13.6. The van der Waals surface area contributed by atoms with Gasteiger partial charge in [-0.1, -0.05) is 121 Å². The lowest BCUT2D eigenvalue weighted by Gasteiger charge is -2.19. The van der Waals surface area contributed by atoms with Gasteiger partial charge in [-0.15, -0.1) is 0 Å². The predicted octanol–water partition coefficient (Wildman–Crippen LogP) is 11.8. The Labute approximate surface area is 291 Å². The molecule has 0 fully saturated rings. The predicted molar refractivity (Wildman–Crippen MR) is 209 cm³/mol. The van der Waals surface area contributed by atoms with Gasteiger partial charge >= 0.3 is 0 Å². The van der Waals surface area contributed by atoms with Crippen LogP contribution in [0.2, 0.25) is 0 Å². The van der Waals surface area contributed by atoms with E-state index in [0.29, 0.717) is 0 Å². The van der Waals surface area contributed by atoms with E-state index in [-0.39, 0.29) is 5.92 Å². The Kier molecular flexibility index (Phi) is 6.87. The standard InChI is InChI=1S/C46H36N4/c1-4-14-32(15-5-1)43-44(33-16-6-2-7-17-33)50-41-22-12-10-20-38(41)37-29-28-35(30-39(37)46(50)48-43)31-24-26-34(27-25-31)45-47-40-21-11-13-23-42(40)49(45)36-18-8-3-9-19-36/h1-4,6-8,10-14,16,18,20-30,33H,5,9,15,17,19H2. The Balaban J connectivity index is 1.14. The highest BCUT2D eigenvalue weighted by atomic mass is 15.1. The molecule has 1 unspecified atom stereocenters. The van der Waals surface area contributed by atoms with Gasteiger partial charge in [-0.2, -0.15) is 0 Å². The molecule has 7 aromatic rings. The van der Waals surface area contributed by atoms with E-state index in [0.717, 1.165) is 65.9 Å². The lowest BCUT2D eigenvalue weighted by atomic mass is 9.91. The van der Waals surface area contributed by atoms with Gasteiger partial charge in [0.25, 0.3) is 0 Å². The van der Waals surface area contributed by atoms with Crippen LogP contribution in [0, 0.1) is 0 Å². The number of fused-ring (bicyclic) bond motifs is 7. The summed E-state index contributed by atoms with van der Waals surface area (Å²) in [7, 11) is 0. The Morgan fingerprint density at radius 3 is 2.18 bits per heavy atom. The molecule has 3 aliphatic rings. The number of allylic oxidation sites excluding steroid dienone is 12. The van der Waals surface area contributed by atoms with Gasteiger partial charge in [0, 0.05) is 28.0 Å². The largest absolute Gasteiger partial charge is 0.296 e. The molecule has 1 atom stereocenters. The maximum absolute atomic E-state index is 5.53. The molecule has 0 radical (unpaired) electrons. The molecule has 4 aromatic carbocycles. The van der Waals surface area contributed by atoms with Crippen LogP contribution >= 0.6 is 0 Å². The molecule has 0 aliphatic heterocycles. The van der Waals surface area contributed by atoms with Crippen molar-refractivity contribution in [2.45, 2.75) is 38.0 Å². The van der Waals surface area contributed by atoms with Gasteiger partial charge in [0.15, 0.2) is 0 Å². The summed E-state index contributed by atoms with van der Waals surface area (Å²) in [5.41, 5.74) is 12.9. The molecular weight excluding hydrogens is 609 g/mol. The Hall–Kier alpha value is -6.00. The van der Waals surface area contributed by atoms with Crippen LogP contribution in [0.3, 0.4) is 0 Å². The van der Waals surface area contributed by atoms with Crippen molar-refractivity contribution in [1.29, 1.82) is 0 Å². The molecule has 3 aliphatic carbocycles. The van der Waals surface area contributed by atoms with E-state index in [4.69, 9.17) is 9.97 Å². The monoisotopic (exact) mass is 644 g/mol. The van der Waals surface area contributed by atoms with Crippen molar-refractivity contribution >= 4 is 49.6 Å². The van der Waals surface area contributed by atoms with Gasteiger partial charge in [0.1, 0.15) is 11.5 Å². The van der Waals surface area contributed by atoms with Crippen molar-refractivity contribution in [3.05, 3.63) is 163 Å². The number of hydrogen-bond donors (Lipinski definition) is 0. The van der Waals surface area contributed by atoms with Crippen molar-refractivity contribution < 1.29 is 0 Å². The number of benzene rings is 4. The van der Waals surface area contributed by atoms with E-state index in [1.54, 1.807) is 0 Å². The highest BCUT2D eigenvalue weighted by molar-refractivity contribution is 6.13. The van der Waals surface area contributed by atoms with E-state index >= 15 is 0 Å². The quantitative estimate of drug-likeness (QED) is 0.175. The first-order valence-corrected chi connectivity index (χ1v) is 17.8. The fourth-order valence-electron chi connectivity index (χ4n) is 8.16. The first-order chi connectivity index (χ1) is 24.8. The number of pyridine rings is 1. The molecule has 4 heteroatoms. The van der Waals surface area contributed by atoms with E-state index in [2.05, 4.69) is 161 Å². The fraction of sp³-hybridized carbons (Fsp3) is 0.130. The zero-order valence-electron chi connectivity index (χ0n) is 27.8. The number of nitrogens with zero attached hydrogens (tertiary/aromatic N) is 4. The van der Waals surface area contributed by atoms with Crippen LogP contribution in [0.5, 0.6) is 0 Å². The highest BCUT2D eigenvalue weighted by Crippen LogP contribution is 2.41. The third-order valence-corrected chi connectivity index (χ3v) is 10.6. The molecule has 3 heterocycles. The minimum atomic E-state index is 0.262. The summed E-state index contributed by atoms with van der Waals surface area (Å²) >= 11 is 0. The van der Waals surface area contributed by atoms with Crippen molar-refractivity contribution in [1.82, 2.24) is 18.9 Å². The smallest absolute Gasteiger partial charge is 0.146 e. The van der Waals surface area contributed by atoms with E-state index < -0.39 is 0 Å². The molecule has 0 saturated carbocycles. The highest BCUT2D eigenvalue weighted by Gasteiger charge is 2.26. The zero-order valence-corrected chi connectivity index (χ0v) is 27.8. The normalized spacial score (nSPS) is 17.3. The third kappa shape index (κ3) is 4.67. The third-order valence-electron chi connectivity index (χ3n) is 10.6. The van der Waals surface area contributed by atoms with E-state index in [1.807, 2.05) is 0 Å². The summed E-state index contributed by atoms with van der Waals surface area (Å²) in [4.78, 5) is 10.7. The van der Waals surface area contributed by atoms with E-state index in [1.165, 1.54) is 49.8 Å². The van der Waals surface area contributed by atoms with Crippen LogP contribution in [0.25, 0.3) is 72.1 Å². The lowest BCUT2D eigenvalue weighted by Crippen LogP contribution is -2.06. The maximum atomic E-state index is 5.53. The van der Waals surface area contributed by atoms with Crippen LogP contribution in [0.15, 0.2) is 152 Å². The number of imidazole rings is 2. The average molecular weight is 645 g/mol. The Morgan fingerprint density at radius 2 is 1.38 bits per heavy atom. The van der Waals surface area contributed by atoms with Gasteiger partial charge in [0.2, 0.25) is 0 Å². The summed E-state index contributed by atoms with van der Waals surface area (Å²) in [5.74, 6) is 1.25. The SMILES string of the molecule is C1=CCCC(c2nc3c4cc(-c5ccc(-c6nc7ccccc7n6C6=CC=CCC6)cc5)ccc4c4ccccc4n3c2C2C=CC=CC2)=C1. The second-order valence-corrected chi connectivity index (χ2v) is 13.6. The van der Waals surface area contributed by atoms with Crippen molar-refractivity contribution in [2.24, 2.45) is 0 Å². The summed E-state index contributed by atoms with van der Waals surface area (Å²) < 4.78 is 4.81. The topological polar surface area (TPSA) is 35.1 Å². The van der Waals surface area contributed by atoms with Gasteiger partial charge in [-0.3, -0.25) is 8.97 Å². The van der Waals surface area contributed by atoms with Crippen LogP contribution in [-0.2, 0) is 0 Å². The number of aromatic nitrogens is 4. The molecule has 10 rings (SSSR count). The van der Waals surface area contributed by atoms with Gasteiger partial charge in [-0.05, 0) is 84.5 Å². The number of para-hydroxylation sites is 3. The van der Waals surface area contributed by atoms with Gasteiger partial charge in [-0.25, -0.2) is 9.97 Å². The van der Waals surface area contributed by atoms with Gasteiger partial charge < -0.3 is 0 Å². The molecular formula is C46H36N4. The van der Waals surface area contributed by atoms with Crippen LogP contribution in [0.1, 0.15) is 49.4 Å². The van der Waals surface area contributed by atoms with E-state index in [9.17, 15) is 0 Å². The average Bonchev–Trinajstić information content (AvgIpc) is 3.79. The first kappa shape index (κ1) is 29.0. The number of hydrogen-bond acceptors (Lipinski definition) is 2. The molecule has 0 spiro atoms. The molecule has 3 aromatic heterocycles. The molecule has 0 N–H and O–H groups in total. The minimum absolute atomic E-state index is 0.262. The second kappa shape index (κ2) is 11.9. The molecule has 0 bridgehead atoms. The molecule has 240 valence electrons. The van der Waals surface area contributed by atoms with Crippen molar-refractivity contribution in [3.63, 3.8) is 0 Å². The Morgan fingerprint density at radius 1 is 0.600 bits per heavy atom. The summed E-state index contributed by atoms with van der Waals surface area (Å²) in [6.45, 7) is 0. The Bertz CT molecular complexity index is 2670. The molecule has 4 nitrogen and oxygen atoms in total. The lowest BCUT2D eigenvalue weighted by molar-refractivity contribution is 0.805. The number of rotatable bonds is 5. The first-order valence-electron chi connectivity index (χ1n) is 17.8. The fourth-order valence-corrected chi connectivity index (χ4v) is 8.16. The summed E-state index contributed by atoms with van der Waals surface area (Å²) in [6, 6.07) is 33.1. The van der Waals surface area contributed by atoms with Gasteiger partial charge in [0.05, 0.1) is 27.9 Å². The minimum Gasteiger partial charge on any atom is -0.296 e.